The lowest BCUT2D eigenvalue weighted by Gasteiger charge is -2.09. The van der Waals surface area contributed by atoms with E-state index >= 15 is 0 Å². The Morgan fingerprint density at radius 2 is 1.87 bits per heavy atom. The highest BCUT2D eigenvalue weighted by Gasteiger charge is 2.14. The van der Waals surface area contributed by atoms with Gasteiger partial charge in [0.05, 0.1) is 16.8 Å². The second kappa shape index (κ2) is 7.10. The molecule has 0 saturated carbocycles. The highest BCUT2D eigenvalue weighted by atomic mass is 32.2. The van der Waals surface area contributed by atoms with E-state index in [0.29, 0.717) is 0 Å². The minimum atomic E-state index is -3.44. The molecule has 1 aromatic carbocycles. The van der Waals surface area contributed by atoms with Crippen LogP contribution < -0.4 is 10.6 Å². The maximum absolute atomic E-state index is 11.9. The van der Waals surface area contributed by atoms with E-state index in [1.807, 2.05) is 0 Å². The van der Waals surface area contributed by atoms with Gasteiger partial charge in [-0.15, -0.1) is 0 Å². The van der Waals surface area contributed by atoms with Gasteiger partial charge in [0.25, 0.3) is 5.91 Å². The molecule has 0 saturated heterocycles. The molecule has 1 heterocycles. The predicted molar refractivity (Wildman–Crippen MR) is 83.8 cm³/mol. The van der Waals surface area contributed by atoms with Gasteiger partial charge in [0.15, 0.2) is 15.6 Å². The maximum Gasteiger partial charge on any atom is 0.286 e. The Bertz CT molecular complexity index is 797. The zero-order valence-corrected chi connectivity index (χ0v) is 13.2. The van der Waals surface area contributed by atoms with Crippen molar-refractivity contribution in [2.75, 3.05) is 18.1 Å². The van der Waals surface area contributed by atoms with Crippen LogP contribution in [0.25, 0.3) is 0 Å². The molecule has 1 aromatic heterocycles. The van der Waals surface area contributed by atoms with E-state index < -0.39 is 21.7 Å². The third-order valence-electron chi connectivity index (χ3n) is 2.94. The van der Waals surface area contributed by atoms with Crippen molar-refractivity contribution in [3.05, 3.63) is 48.4 Å². The van der Waals surface area contributed by atoms with Crippen LogP contribution in [-0.2, 0) is 14.6 Å². The van der Waals surface area contributed by atoms with Gasteiger partial charge in [-0.2, -0.15) is 0 Å². The number of para-hydroxylation sites is 1. The number of sulfone groups is 1. The third kappa shape index (κ3) is 4.68. The van der Waals surface area contributed by atoms with Gasteiger partial charge < -0.3 is 15.1 Å². The van der Waals surface area contributed by atoms with Gasteiger partial charge in [-0.25, -0.2) is 8.42 Å². The number of benzene rings is 1. The van der Waals surface area contributed by atoms with Crippen LogP contribution in [0, 0.1) is 0 Å². The highest BCUT2D eigenvalue weighted by Crippen LogP contribution is 2.20. The molecule has 2 N–H and O–H groups in total. The number of hydrogen-bond acceptors (Lipinski definition) is 5. The van der Waals surface area contributed by atoms with Crippen LogP contribution in [0.3, 0.4) is 0 Å². The molecule has 0 atom stereocenters. The van der Waals surface area contributed by atoms with Crippen molar-refractivity contribution in [3.63, 3.8) is 0 Å². The fourth-order valence-electron chi connectivity index (χ4n) is 1.89. The molecule has 122 valence electrons. The summed E-state index contributed by atoms with van der Waals surface area (Å²) in [5.41, 5.74) is 0.220. The molecular formula is C15H16N2O5S. The van der Waals surface area contributed by atoms with E-state index in [4.69, 9.17) is 4.42 Å². The molecular weight excluding hydrogens is 320 g/mol. The zero-order valence-electron chi connectivity index (χ0n) is 12.4. The molecule has 0 unspecified atom stereocenters. The molecule has 0 fully saturated rings. The maximum atomic E-state index is 11.9. The first-order valence-corrected chi connectivity index (χ1v) is 8.67. The zero-order chi connectivity index (χ0) is 16.9. The average Bonchev–Trinajstić information content (AvgIpc) is 3.01. The van der Waals surface area contributed by atoms with Gasteiger partial charge >= 0.3 is 0 Å². The largest absolute Gasteiger partial charge is 0.459 e. The van der Waals surface area contributed by atoms with E-state index in [9.17, 15) is 18.0 Å². The Morgan fingerprint density at radius 1 is 1.13 bits per heavy atom. The number of furan rings is 1. The van der Waals surface area contributed by atoms with Crippen molar-refractivity contribution in [2.45, 2.75) is 11.3 Å². The Labute approximate surface area is 133 Å². The summed E-state index contributed by atoms with van der Waals surface area (Å²) >= 11 is 0. The smallest absolute Gasteiger partial charge is 0.286 e. The standard InChI is InChI=1S/C15H16N2O5S/c1-23(20,21)13-7-3-2-5-11(13)17-14(18)8-9-16-15(19)12-6-4-10-22-12/h2-7,10H,8-9H2,1H3,(H,16,19)(H,17,18). The fourth-order valence-corrected chi connectivity index (χ4v) is 2.73. The van der Waals surface area contributed by atoms with Gasteiger partial charge in [0, 0.05) is 19.2 Å². The highest BCUT2D eigenvalue weighted by molar-refractivity contribution is 7.90. The average molecular weight is 336 g/mol. The van der Waals surface area contributed by atoms with Crippen molar-refractivity contribution >= 4 is 27.3 Å². The third-order valence-corrected chi connectivity index (χ3v) is 4.10. The number of anilines is 1. The van der Waals surface area contributed by atoms with Crippen LogP contribution in [0.1, 0.15) is 17.0 Å². The van der Waals surface area contributed by atoms with Crippen LogP contribution in [-0.4, -0.2) is 33.0 Å². The molecule has 7 nitrogen and oxygen atoms in total. The lowest BCUT2D eigenvalue weighted by Crippen LogP contribution is -2.27. The molecule has 0 aliphatic carbocycles. The predicted octanol–water partition coefficient (Wildman–Crippen LogP) is 1.44. The van der Waals surface area contributed by atoms with Crippen molar-refractivity contribution in [1.82, 2.24) is 5.32 Å². The summed E-state index contributed by atoms with van der Waals surface area (Å²) in [5, 5.41) is 5.07. The first-order valence-electron chi connectivity index (χ1n) is 6.78. The fraction of sp³-hybridized carbons (Fsp3) is 0.200. The number of hydrogen-bond donors (Lipinski definition) is 2. The summed E-state index contributed by atoms with van der Waals surface area (Å²) in [4.78, 5) is 23.5. The second-order valence-electron chi connectivity index (χ2n) is 4.80. The number of amides is 2. The Balaban J connectivity index is 1.90. The number of carbonyl (C=O) groups is 2. The van der Waals surface area contributed by atoms with Crippen LogP contribution in [0.5, 0.6) is 0 Å². The molecule has 8 heteroatoms. The van der Waals surface area contributed by atoms with Crippen LogP contribution in [0.2, 0.25) is 0 Å². The molecule has 2 aromatic rings. The Hall–Kier alpha value is -2.61. The summed E-state index contributed by atoms with van der Waals surface area (Å²) in [6, 6.07) is 9.24. The quantitative estimate of drug-likeness (QED) is 0.830. The van der Waals surface area contributed by atoms with E-state index in [1.54, 1.807) is 18.2 Å². The molecule has 0 aliphatic rings. The van der Waals surface area contributed by atoms with E-state index in [0.717, 1.165) is 6.26 Å². The SMILES string of the molecule is CS(=O)(=O)c1ccccc1NC(=O)CCNC(=O)c1ccco1. The van der Waals surface area contributed by atoms with E-state index in [-0.39, 0.29) is 29.3 Å². The van der Waals surface area contributed by atoms with Gasteiger partial charge in [0.2, 0.25) is 5.91 Å². The summed E-state index contributed by atoms with van der Waals surface area (Å²) in [7, 11) is -3.44. The molecule has 0 spiro atoms. The van der Waals surface area contributed by atoms with Crippen molar-refractivity contribution in [3.8, 4) is 0 Å². The molecule has 23 heavy (non-hydrogen) atoms. The summed E-state index contributed by atoms with van der Waals surface area (Å²) in [5.74, 6) is -0.659. The van der Waals surface area contributed by atoms with Gasteiger partial charge in [-0.3, -0.25) is 9.59 Å². The van der Waals surface area contributed by atoms with Crippen LogP contribution >= 0.6 is 0 Å². The lowest BCUT2D eigenvalue weighted by molar-refractivity contribution is -0.116. The summed E-state index contributed by atoms with van der Waals surface area (Å²) < 4.78 is 28.2. The number of carbonyl (C=O) groups excluding carboxylic acids is 2. The normalized spacial score (nSPS) is 11.0. The Morgan fingerprint density at radius 3 is 2.52 bits per heavy atom. The first-order chi connectivity index (χ1) is 10.9. The minimum absolute atomic E-state index is 0.00451. The van der Waals surface area contributed by atoms with Crippen molar-refractivity contribution in [2.24, 2.45) is 0 Å². The summed E-state index contributed by atoms with van der Waals surface area (Å²) in [6.07, 6.45) is 2.45. The number of nitrogens with one attached hydrogen (secondary N) is 2. The van der Waals surface area contributed by atoms with Gasteiger partial charge in [-0.1, -0.05) is 12.1 Å². The van der Waals surface area contributed by atoms with Crippen molar-refractivity contribution in [1.29, 1.82) is 0 Å². The van der Waals surface area contributed by atoms with Gasteiger partial charge in [-0.05, 0) is 24.3 Å². The molecule has 0 bridgehead atoms. The first kappa shape index (κ1) is 16.8. The molecule has 2 rings (SSSR count). The Kier molecular flexibility index (Phi) is 5.17. The number of rotatable bonds is 6. The van der Waals surface area contributed by atoms with Crippen LogP contribution in [0.15, 0.2) is 52.0 Å². The molecule has 0 radical (unpaired) electrons. The molecule has 2 amide bonds. The van der Waals surface area contributed by atoms with Crippen LogP contribution in [0.4, 0.5) is 5.69 Å². The van der Waals surface area contributed by atoms with Gasteiger partial charge in [0.1, 0.15) is 0 Å². The lowest BCUT2D eigenvalue weighted by atomic mass is 10.3. The monoisotopic (exact) mass is 336 g/mol. The van der Waals surface area contributed by atoms with E-state index in [2.05, 4.69) is 10.6 Å². The molecule has 0 aliphatic heterocycles. The second-order valence-corrected chi connectivity index (χ2v) is 6.78. The minimum Gasteiger partial charge on any atom is -0.459 e. The topological polar surface area (TPSA) is 105 Å². The van der Waals surface area contributed by atoms with Crippen molar-refractivity contribution < 1.29 is 22.4 Å². The van der Waals surface area contributed by atoms with E-state index in [1.165, 1.54) is 24.5 Å². The summed E-state index contributed by atoms with van der Waals surface area (Å²) in [6.45, 7) is 0.104.